The maximum atomic E-state index is 6.12. The Morgan fingerprint density at radius 1 is 1.39 bits per heavy atom. The molecule has 4 nitrogen and oxygen atoms in total. The minimum Gasteiger partial charge on any atom is -0.396 e. The zero-order chi connectivity index (χ0) is 13.1. The van der Waals surface area contributed by atoms with Gasteiger partial charge in [-0.2, -0.15) is 0 Å². The van der Waals surface area contributed by atoms with Gasteiger partial charge in [-0.25, -0.2) is 4.98 Å². The average molecular weight is 248 g/mol. The number of nitrogens with two attached hydrogens (primary N) is 1. The van der Waals surface area contributed by atoms with Crippen LogP contribution in [-0.2, 0) is 0 Å². The number of nitrogens with zero attached hydrogens (tertiary/aromatic N) is 3. The molecule has 0 aliphatic carbocycles. The summed E-state index contributed by atoms with van der Waals surface area (Å²) in [5.74, 6) is 1.78. The number of hydrogen-bond acceptors (Lipinski definition) is 4. The molecule has 2 N–H and O–H groups in total. The predicted molar refractivity (Wildman–Crippen MR) is 76.9 cm³/mol. The van der Waals surface area contributed by atoms with E-state index >= 15 is 0 Å². The topological polar surface area (TPSA) is 45.4 Å². The molecule has 0 saturated carbocycles. The van der Waals surface area contributed by atoms with Crippen molar-refractivity contribution in [1.29, 1.82) is 0 Å². The van der Waals surface area contributed by atoms with Crippen LogP contribution in [0.2, 0.25) is 0 Å². The van der Waals surface area contributed by atoms with E-state index < -0.39 is 0 Å². The first-order chi connectivity index (χ1) is 8.58. The monoisotopic (exact) mass is 248 g/mol. The third-order valence-electron chi connectivity index (χ3n) is 3.72. The second kappa shape index (κ2) is 5.57. The molecular formula is C14H24N4. The Kier molecular flexibility index (Phi) is 4.07. The van der Waals surface area contributed by atoms with Crippen LogP contribution in [0.15, 0.2) is 12.3 Å². The summed E-state index contributed by atoms with van der Waals surface area (Å²) in [6.07, 6.45) is 4.31. The van der Waals surface area contributed by atoms with Gasteiger partial charge in [-0.05, 0) is 51.4 Å². The number of nitrogen functional groups attached to an aromatic ring is 1. The van der Waals surface area contributed by atoms with E-state index in [9.17, 15) is 0 Å². The number of pyridine rings is 1. The van der Waals surface area contributed by atoms with Crippen LogP contribution in [0.4, 0.5) is 11.5 Å². The van der Waals surface area contributed by atoms with Crippen molar-refractivity contribution in [2.45, 2.75) is 19.8 Å². The molecule has 4 heteroatoms. The lowest BCUT2D eigenvalue weighted by Crippen LogP contribution is -2.37. The normalized spacial score (nSPS) is 17.4. The highest BCUT2D eigenvalue weighted by Gasteiger charge is 2.22. The summed E-state index contributed by atoms with van der Waals surface area (Å²) in [5, 5.41) is 0. The molecule has 1 aliphatic heterocycles. The van der Waals surface area contributed by atoms with Crippen LogP contribution in [0.25, 0.3) is 0 Å². The van der Waals surface area contributed by atoms with Crippen molar-refractivity contribution in [2.75, 3.05) is 44.4 Å². The minimum atomic E-state index is 0.808. The molecule has 2 heterocycles. The first-order valence-electron chi connectivity index (χ1n) is 6.68. The summed E-state index contributed by atoms with van der Waals surface area (Å²) < 4.78 is 0. The van der Waals surface area contributed by atoms with Crippen molar-refractivity contribution >= 4 is 11.5 Å². The Morgan fingerprint density at radius 2 is 2.06 bits per heavy atom. The fraction of sp³-hybridized carbons (Fsp3) is 0.643. The van der Waals surface area contributed by atoms with Crippen molar-refractivity contribution in [3.63, 3.8) is 0 Å². The van der Waals surface area contributed by atoms with Crippen LogP contribution < -0.4 is 10.6 Å². The maximum absolute atomic E-state index is 6.12. The molecule has 0 radical (unpaired) electrons. The third-order valence-corrected chi connectivity index (χ3v) is 3.72. The van der Waals surface area contributed by atoms with Crippen LogP contribution in [0, 0.1) is 12.8 Å². The first-order valence-corrected chi connectivity index (χ1v) is 6.68. The fourth-order valence-electron chi connectivity index (χ4n) is 2.65. The summed E-state index contributed by atoms with van der Waals surface area (Å²) in [6.45, 7) is 5.36. The lowest BCUT2D eigenvalue weighted by molar-refractivity contribution is 0.284. The molecule has 0 aromatic carbocycles. The van der Waals surface area contributed by atoms with Gasteiger partial charge >= 0.3 is 0 Å². The molecule has 1 saturated heterocycles. The Bertz CT molecular complexity index is 395. The number of aromatic nitrogens is 1. The van der Waals surface area contributed by atoms with E-state index in [1.807, 2.05) is 19.2 Å². The SMILES string of the molecule is Cc1ccnc(N2CCC(CN(C)C)CC2)c1N. The smallest absolute Gasteiger partial charge is 0.152 e. The van der Waals surface area contributed by atoms with Crippen molar-refractivity contribution < 1.29 is 0 Å². The van der Waals surface area contributed by atoms with Crippen LogP contribution in [-0.4, -0.2) is 43.6 Å². The van der Waals surface area contributed by atoms with Crippen LogP contribution in [0.3, 0.4) is 0 Å². The summed E-state index contributed by atoms with van der Waals surface area (Å²) >= 11 is 0. The standard InChI is InChI=1S/C14H24N4/c1-11-4-7-16-14(13(11)15)18-8-5-12(6-9-18)10-17(2)3/h4,7,12H,5-6,8-10,15H2,1-3H3. The molecule has 1 aliphatic rings. The lowest BCUT2D eigenvalue weighted by atomic mass is 9.96. The molecule has 0 atom stereocenters. The third kappa shape index (κ3) is 2.93. The molecule has 1 fully saturated rings. The maximum Gasteiger partial charge on any atom is 0.152 e. The molecule has 1 aromatic heterocycles. The van der Waals surface area contributed by atoms with E-state index in [1.54, 1.807) is 0 Å². The molecule has 100 valence electrons. The molecule has 2 rings (SSSR count). The molecular weight excluding hydrogens is 224 g/mol. The fourth-order valence-corrected chi connectivity index (χ4v) is 2.65. The number of aryl methyl sites for hydroxylation is 1. The highest BCUT2D eigenvalue weighted by atomic mass is 15.2. The largest absolute Gasteiger partial charge is 0.396 e. The highest BCUT2D eigenvalue weighted by molar-refractivity contribution is 5.66. The van der Waals surface area contributed by atoms with E-state index in [1.165, 1.54) is 19.4 Å². The molecule has 0 bridgehead atoms. The van der Waals surface area contributed by atoms with Gasteiger partial charge in [0, 0.05) is 25.8 Å². The Balaban J connectivity index is 1.99. The van der Waals surface area contributed by atoms with E-state index in [2.05, 4.69) is 28.9 Å². The summed E-state index contributed by atoms with van der Waals surface area (Å²) in [4.78, 5) is 9.04. The lowest BCUT2D eigenvalue weighted by Gasteiger charge is -2.34. The first kappa shape index (κ1) is 13.1. The number of rotatable bonds is 3. The van der Waals surface area contributed by atoms with E-state index in [4.69, 9.17) is 5.73 Å². The summed E-state index contributed by atoms with van der Waals surface area (Å²) in [6, 6.07) is 1.97. The molecule has 0 spiro atoms. The van der Waals surface area contributed by atoms with Gasteiger partial charge in [0.25, 0.3) is 0 Å². The van der Waals surface area contributed by atoms with Crippen molar-refractivity contribution in [1.82, 2.24) is 9.88 Å². The van der Waals surface area contributed by atoms with Gasteiger partial charge in [-0.15, -0.1) is 0 Å². The van der Waals surface area contributed by atoms with Crippen LogP contribution >= 0.6 is 0 Å². The molecule has 1 aromatic rings. The summed E-state index contributed by atoms with van der Waals surface area (Å²) in [5.41, 5.74) is 8.07. The Labute approximate surface area is 110 Å². The van der Waals surface area contributed by atoms with Crippen molar-refractivity contribution in [3.05, 3.63) is 17.8 Å². The van der Waals surface area contributed by atoms with Crippen molar-refractivity contribution in [2.24, 2.45) is 5.92 Å². The zero-order valence-electron chi connectivity index (χ0n) is 11.7. The minimum absolute atomic E-state index is 0.808. The van der Waals surface area contributed by atoms with Crippen LogP contribution in [0.1, 0.15) is 18.4 Å². The van der Waals surface area contributed by atoms with Crippen LogP contribution in [0.5, 0.6) is 0 Å². The zero-order valence-corrected chi connectivity index (χ0v) is 11.7. The van der Waals surface area contributed by atoms with Gasteiger partial charge in [0.2, 0.25) is 0 Å². The molecule has 18 heavy (non-hydrogen) atoms. The Morgan fingerprint density at radius 3 is 2.67 bits per heavy atom. The van der Waals surface area contributed by atoms with Gasteiger partial charge in [0.15, 0.2) is 5.82 Å². The van der Waals surface area contributed by atoms with Gasteiger partial charge in [-0.3, -0.25) is 0 Å². The second-order valence-corrected chi connectivity index (χ2v) is 5.56. The van der Waals surface area contributed by atoms with Gasteiger partial charge < -0.3 is 15.5 Å². The highest BCUT2D eigenvalue weighted by Crippen LogP contribution is 2.27. The van der Waals surface area contributed by atoms with Gasteiger partial charge in [0.05, 0.1) is 5.69 Å². The predicted octanol–water partition coefficient (Wildman–Crippen LogP) is 1.75. The quantitative estimate of drug-likeness (QED) is 0.885. The number of hydrogen-bond donors (Lipinski definition) is 1. The van der Waals surface area contributed by atoms with E-state index in [0.717, 1.165) is 36.1 Å². The van der Waals surface area contributed by atoms with Gasteiger partial charge in [0.1, 0.15) is 0 Å². The average Bonchev–Trinajstić information content (AvgIpc) is 2.33. The van der Waals surface area contributed by atoms with Crippen molar-refractivity contribution in [3.8, 4) is 0 Å². The second-order valence-electron chi connectivity index (χ2n) is 5.56. The molecule has 0 unspecified atom stereocenters. The number of piperidine rings is 1. The number of anilines is 2. The molecule has 0 amide bonds. The van der Waals surface area contributed by atoms with E-state index in [-0.39, 0.29) is 0 Å². The van der Waals surface area contributed by atoms with E-state index in [0.29, 0.717) is 0 Å². The van der Waals surface area contributed by atoms with Gasteiger partial charge in [-0.1, -0.05) is 0 Å². The summed E-state index contributed by atoms with van der Waals surface area (Å²) in [7, 11) is 4.29. The Hall–Kier alpha value is -1.29.